The molecule has 0 saturated heterocycles. The fraction of sp³-hybridized carbons (Fsp3) is 0.733. The molecule has 1 aliphatic rings. The first-order chi connectivity index (χ1) is 9.20. The van der Waals surface area contributed by atoms with Gasteiger partial charge in [0.2, 0.25) is 0 Å². The third-order valence-electron chi connectivity index (χ3n) is 3.81. The highest BCUT2D eigenvalue weighted by atomic mass is 79.9. The molecule has 0 radical (unpaired) electrons. The van der Waals surface area contributed by atoms with Crippen molar-refractivity contribution in [1.29, 1.82) is 0 Å². The van der Waals surface area contributed by atoms with Gasteiger partial charge in [-0.3, -0.25) is 0 Å². The van der Waals surface area contributed by atoms with Crippen LogP contribution in [0.25, 0.3) is 0 Å². The number of nitrogens with zero attached hydrogens (tertiary/aromatic N) is 3. The van der Waals surface area contributed by atoms with Crippen molar-refractivity contribution in [3.05, 3.63) is 16.5 Å². The van der Waals surface area contributed by atoms with Crippen molar-refractivity contribution in [1.82, 2.24) is 9.97 Å². The maximum absolute atomic E-state index is 10.5. The molecule has 112 valence electrons. The van der Waals surface area contributed by atoms with Gasteiger partial charge in [-0.05, 0) is 28.8 Å². The fourth-order valence-electron chi connectivity index (χ4n) is 2.65. The predicted octanol–water partition coefficient (Wildman–Crippen LogP) is 3.28. The highest BCUT2D eigenvalue weighted by Crippen LogP contribution is 2.31. The van der Waals surface area contributed by atoms with Gasteiger partial charge in [-0.1, -0.05) is 33.6 Å². The lowest BCUT2D eigenvalue weighted by Gasteiger charge is -2.30. The summed E-state index contributed by atoms with van der Waals surface area (Å²) in [6.45, 7) is 6.93. The minimum atomic E-state index is -0.561. The van der Waals surface area contributed by atoms with Gasteiger partial charge in [0.25, 0.3) is 0 Å². The normalized spacial score (nSPS) is 18.3. The maximum atomic E-state index is 10.5. The molecule has 0 aromatic carbocycles. The molecular formula is C15H24BrN3O. The lowest BCUT2D eigenvalue weighted by atomic mass is 9.96. The first-order valence-corrected chi connectivity index (χ1v) is 7.98. The average Bonchev–Trinajstić information content (AvgIpc) is 2.73. The minimum absolute atomic E-state index is 0.0936. The van der Waals surface area contributed by atoms with Gasteiger partial charge in [-0.25, -0.2) is 9.97 Å². The Bertz CT molecular complexity index is 478. The van der Waals surface area contributed by atoms with Crippen molar-refractivity contribution >= 4 is 21.7 Å². The molecular weight excluding hydrogens is 318 g/mol. The molecule has 0 spiro atoms. The van der Waals surface area contributed by atoms with Crippen molar-refractivity contribution in [2.75, 3.05) is 18.5 Å². The average molecular weight is 342 g/mol. The molecule has 1 aromatic heterocycles. The van der Waals surface area contributed by atoms with Crippen molar-refractivity contribution in [2.45, 2.75) is 57.5 Å². The highest BCUT2D eigenvalue weighted by Gasteiger charge is 2.33. The van der Waals surface area contributed by atoms with Crippen LogP contribution >= 0.6 is 15.9 Å². The van der Waals surface area contributed by atoms with E-state index in [-0.39, 0.29) is 5.41 Å². The number of likely N-dealkylation sites (N-methyl/N-ethyl adjacent to an activating group) is 1. The van der Waals surface area contributed by atoms with Crippen molar-refractivity contribution in [3.63, 3.8) is 0 Å². The van der Waals surface area contributed by atoms with E-state index in [0.29, 0.717) is 6.54 Å². The summed E-state index contributed by atoms with van der Waals surface area (Å²) < 4.78 is 0.790. The predicted molar refractivity (Wildman–Crippen MR) is 85.1 cm³/mol. The van der Waals surface area contributed by atoms with Crippen LogP contribution < -0.4 is 4.90 Å². The van der Waals surface area contributed by atoms with Crippen LogP contribution in [-0.2, 0) is 5.41 Å². The van der Waals surface area contributed by atoms with E-state index in [4.69, 9.17) is 0 Å². The smallest absolute Gasteiger partial charge is 0.137 e. The Balaban J connectivity index is 2.21. The second-order valence-electron chi connectivity index (χ2n) is 6.91. The van der Waals surface area contributed by atoms with Gasteiger partial charge in [-0.2, -0.15) is 0 Å². The molecule has 1 saturated carbocycles. The Morgan fingerprint density at radius 1 is 1.30 bits per heavy atom. The van der Waals surface area contributed by atoms with Crippen LogP contribution in [0.5, 0.6) is 0 Å². The second kappa shape index (κ2) is 5.60. The molecule has 1 aliphatic carbocycles. The summed E-state index contributed by atoms with van der Waals surface area (Å²) in [4.78, 5) is 11.1. The topological polar surface area (TPSA) is 49.2 Å². The van der Waals surface area contributed by atoms with Crippen molar-refractivity contribution in [3.8, 4) is 0 Å². The molecule has 20 heavy (non-hydrogen) atoms. The maximum Gasteiger partial charge on any atom is 0.137 e. The van der Waals surface area contributed by atoms with Crippen LogP contribution in [0, 0.1) is 0 Å². The Morgan fingerprint density at radius 2 is 1.90 bits per heavy atom. The number of anilines is 1. The zero-order valence-corrected chi connectivity index (χ0v) is 14.4. The molecule has 0 atom stereocenters. The van der Waals surface area contributed by atoms with E-state index in [1.165, 1.54) is 0 Å². The number of hydrogen-bond acceptors (Lipinski definition) is 4. The van der Waals surface area contributed by atoms with E-state index >= 15 is 0 Å². The lowest BCUT2D eigenvalue weighted by molar-refractivity contribution is 0.0558. The Morgan fingerprint density at radius 3 is 2.45 bits per heavy atom. The molecule has 5 heteroatoms. The largest absolute Gasteiger partial charge is 0.388 e. The number of aliphatic hydroxyl groups is 1. The SMILES string of the molecule is CN(CC1(O)CCCC1)c1cc(Br)nc(C(C)(C)C)n1. The first-order valence-electron chi connectivity index (χ1n) is 7.18. The summed E-state index contributed by atoms with van der Waals surface area (Å²) in [5.41, 5.74) is -0.655. The van der Waals surface area contributed by atoms with Crippen LogP contribution in [0.2, 0.25) is 0 Å². The van der Waals surface area contributed by atoms with E-state index in [2.05, 4.69) is 46.7 Å². The van der Waals surface area contributed by atoms with Crippen LogP contribution in [0.1, 0.15) is 52.3 Å². The molecule has 0 bridgehead atoms. The van der Waals surface area contributed by atoms with Gasteiger partial charge in [0.1, 0.15) is 16.2 Å². The minimum Gasteiger partial charge on any atom is -0.388 e. The zero-order chi connectivity index (χ0) is 15.0. The molecule has 1 aromatic rings. The molecule has 2 rings (SSSR count). The Labute approximate surface area is 129 Å². The summed E-state index contributed by atoms with van der Waals surface area (Å²) in [6, 6.07) is 1.91. The van der Waals surface area contributed by atoms with Gasteiger partial charge in [0.05, 0.1) is 5.60 Å². The molecule has 1 heterocycles. The van der Waals surface area contributed by atoms with Gasteiger partial charge >= 0.3 is 0 Å². The van der Waals surface area contributed by atoms with Crippen LogP contribution in [0.3, 0.4) is 0 Å². The van der Waals surface area contributed by atoms with Crippen LogP contribution in [-0.4, -0.2) is 34.3 Å². The van der Waals surface area contributed by atoms with Crippen molar-refractivity contribution < 1.29 is 5.11 Å². The number of rotatable bonds is 3. The summed E-state index contributed by atoms with van der Waals surface area (Å²) in [7, 11) is 1.98. The molecule has 0 aliphatic heterocycles. The third kappa shape index (κ3) is 3.70. The van der Waals surface area contributed by atoms with Gasteiger partial charge < -0.3 is 10.0 Å². The van der Waals surface area contributed by atoms with Crippen LogP contribution in [0.15, 0.2) is 10.7 Å². The molecule has 1 fully saturated rings. The third-order valence-corrected chi connectivity index (χ3v) is 4.22. The first kappa shape index (κ1) is 15.7. The summed E-state index contributed by atoms with van der Waals surface area (Å²) >= 11 is 3.46. The summed E-state index contributed by atoms with van der Waals surface area (Å²) in [5.74, 6) is 1.67. The van der Waals surface area contributed by atoms with Gasteiger partial charge in [0.15, 0.2) is 0 Å². The van der Waals surface area contributed by atoms with Gasteiger partial charge in [-0.15, -0.1) is 0 Å². The quantitative estimate of drug-likeness (QED) is 0.857. The number of hydrogen-bond donors (Lipinski definition) is 1. The standard InChI is InChI=1S/C15H24BrN3O/c1-14(2,3)13-17-11(16)9-12(18-13)19(4)10-15(20)7-5-6-8-15/h9,20H,5-8,10H2,1-4H3. The fourth-order valence-corrected chi connectivity index (χ4v) is 3.02. The monoisotopic (exact) mass is 341 g/mol. The highest BCUT2D eigenvalue weighted by molar-refractivity contribution is 9.10. The Hall–Kier alpha value is -0.680. The molecule has 1 N–H and O–H groups in total. The second-order valence-corrected chi connectivity index (χ2v) is 7.72. The number of halogens is 1. The van der Waals surface area contributed by atoms with Crippen molar-refractivity contribution in [2.24, 2.45) is 0 Å². The van der Waals surface area contributed by atoms with Crippen LogP contribution in [0.4, 0.5) is 5.82 Å². The Kier molecular flexibility index (Phi) is 4.40. The summed E-state index contributed by atoms with van der Waals surface area (Å²) in [5, 5.41) is 10.5. The van der Waals surface area contributed by atoms with Gasteiger partial charge in [0, 0.05) is 25.1 Å². The molecule has 4 nitrogen and oxygen atoms in total. The van der Waals surface area contributed by atoms with E-state index in [1.54, 1.807) is 0 Å². The molecule has 0 amide bonds. The summed E-state index contributed by atoms with van der Waals surface area (Å²) in [6.07, 6.45) is 4.00. The molecule has 0 unspecified atom stereocenters. The zero-order valence-electron chi connectivity index (χ0n) is 12.8. The van der Waals surface area contributed by atoms with E-state index in [9.17, 15) is 5.11 Å². The lowest BCUT2D eigenvalue weighted by Crippen LogP contribution is -2.39. The van der Waals surface area contributed by atoms with E-state index in [0.717, 1.165) is 41.9 Å². The van der Waals surface area contributed by atoms with E-state index < -0.39 is 5.60 Å². The number of aromatic nitrogens is 2. The van der Waals surface area contributed by atoms with E-state index in [1.807, 2.05) is 18.0 Å².